The van der Waals surface area contributed by atoms with E-state index in [1.807, 2.05) is 10.9 Å². The smallest absolute Gasteiger partial charge is 0.0591 e. The van der Waals surface area contributed by atoms with Crippen LogP contribution in [0.25, 0.3) is 0 Å². The number of aryl methyl sites for hydroxylation is 1. The Hall–Kier alpha value is -0.870. The minimum Gasteiger partial charge on any atom is -0.395 e. The number of rotatable bonds is 5. The fraction of sp³-hybridized carbons (Fsp3) is 0.769. The van der Waals surface area contributed by atoms with Crippen LogP contribution in [0.3, 0.4) is 0 Å². The molecule has 4 heteroatoms. The van der Waals surface area contributed by atoms with E-state index in [2.05, 4.69) is 50.9 Å². The van der Waals surface area contributed by atoms with Gasteiger partial charge in [-0.3, -0.25) is 9.58 Å². The summed E-state index contributed by atoms with van der Waals surface area (Å²) in [5.41, 5.74) is 1.27. The van der Waals surface area contributed by atoms with E-state index in [4.69, 9.17) is 0 Å². The van der Waals surface area contributed by atoms with Crippen LogP contribution in [-0.4, -0.2) is 39.5 Å². The van der Waals surface area contributed by atoms with Crippen molar-refractivity contribution in [2.75, 3.05) is 13.7 Å². The maximum atomic E-state index is 9.50. The van der Waals surface area contributed by atoms with Crippen molar-refractivity contribution < 1.29 is 5.11 Å². The van der Waals surface area contributed by atoms with Gasteiger partial charge in [-0.15, -0.1) is 0 Å². The van der Waals surface area contributed by atoms with Gasteiger partial charge in [0.25, 0.3) is 0 Å². The van der Waals surface area contributed by atoms with Crippen LogP contribution in [0.1, 0.15) is 33.3 Å². The molecular weight excluding hydrogens is 214 g/mol. The molecule has 1 aromatic rings. The molecule has 1 aromatic heterocycles. The predicted molar refractivity (Wildman–Crippen MR) is 69.7 cm³/mol. The van der Waals surface area contributed by atoms with E-state index in [1.165, 1.54) is 5.56 Å². The molecule has 0 fully saturated rings. The van der Waals surface area contributed by atoms with Gasteiger partial charge in [0.15, 0.2) is 0 Å². The Morgan fingerprint density at radius 2 is 2.12 bits per heavy atom. The van der Waals surface area contributed by atoms with Crippen molar-refractivity contribution in [2.45, 2.75) is 46.8 Å². The van der Waals surface area contributed by atoms with Gasteiger partial charge in [-0.05, 0) is 19.4 Å². The first-order chi connectivity index (χ1) is 7.88. The molecule has 4 nitrogen and oxygen atoms in total. The number of nitrogens with zero attached hydrogens (tertiary/aromatic N) is 3. The predicted octanol–water partition coefficient (Wildman–Crippen LogP) is 1.74. The van der Waals surface area contributed by atoms with E-state index in [1.54, 1.807) is 0 Å². The number of aromatic nitrogens is 2. The standard InChI is InChI=1S/C13H25N3O/c1-6-16-9-11(7-14-16)8-15(5)12(10-17)13(2,3)4/h7,9,12,17H,6,8,10H2,1-5H3. The van der Waals surface area contributed by atoms with Crippen molar-refractivity contribution in [3.8, 4) is 0 Å². The number of aliphatic hydroxyl groups is 1. The molecule has 0 radical (unpaired) electrons. The number of aliphatic hydroxyl groups excluding tert-OH is 1. The van der Waals surface area contributed by atoms with Crippen molar-refractivity contribution in [1.29, 1.82) is 0 Å². The molecule has 0 spiro atoms. The zero-order chi connectivity index (χ0) is 13.1. The Labute approximate surface area is 104 Å². The molecule has 98 valence electrons. The quantitative estimate of drug-likeness (QED) is 0.851. The minimum atomic E-state index is 0.0737. The monoisotopic (exact) mass is 239 g/mol. The lowest BCUT2D eigenvalue weighted by atomic mass is 9.86. The van der Waals surface area contributed by atoms with Crippen molar-refractivity contribution in [3.63, 3.8) is 0 Å². The molecule has 0 aliphatic heterocycles. The Morgan fingerprint density at radius 1 is 1.47 bits per heavy atom. The van der Waals surface area contributed by atoms with E-state index in [-0.39, 0.29) is 18.1 Å². The highest BCUT2D eigenvalue weighted by atomic mass is 16.3. The van der Waals surface area contributed by atoms with Crippen molar-refractivity contribution in [3.05, 3.63) is 18.0 Å². The zero-order valence-electron chi connectivity index (χ0n) is 11.6. The minimum absolute atomic E-state index is 0.0737. The summed E-state index contributed by atoms with van der Waals surface area (Å²) in [7, 11) is 2.05. The second-order valence-corrected chi connectivity index (χ2v) is 5.68. The molecule has 0 saturated carbocycles. The fourth-order valence-electron chi connectivity index (χ4n) is 2.13. The lowest BCUT2D eigenvalue weighted by Gasteiger charge is -2.36. The Balaban J connectivity index is 2.67. The van der Waals surface area contributed by atoms with Crippen molar-refractivity contribution in [1.82, 2.24) is 14.7 Å². The highest BCUT2D eigenvalue weighted by Crippen LogP contribution is 2.24. The number of hydrogen-bond donors (Lipinski definition) is 1. The normalized spacial score (nSPS) is 14.3. The zero-order valence-corrected chi connectivity index (χ0v) is 11.6. The van der Waals surface area contributed by atoms with Crippen LogP contribution in [0.5, 0.6) is 0 Å². The molecule has 1 N–H and O–H groups in total. The number of likely N-dealkylation sites (N-methyl/N-ethyl adjacent to an activating group) is 1. The topological polar surface area (TPSA) is 41.3 Å². The van der Waals surface area contributed by atoms with Gasteiger partial charge >= 0.3 is 0 Å². The lowest BCUT2D eigenvalue weighted by molar-refractivity contribution is 0.0614. The molecule has 1 rings (SSSR count). The first-order valence-electron chi connectivity index (χ1n) is 6.21. The summed E-state index contributed by atoms with van der Waals surface area (Å²) < 4.78 is 1.92. The molecule has 1 unspecified atom stereocenters. The SMILES string of the molecule is CCn1cc(CN(C)C(CO)C(C)(C)C)cn1. The third-order valence-electron chi connectivity index (χ3n) is 3.15. The van der Waals surface area contributed by atoms with E-state index >= 15 is 0 Å². The summed E-state index contributed by atoms with van der Waals surface area (Å²) in [5, 5.41) is 13.8. The summed E-state index contributed by atoms with van der Waals surface area (Å²) in [4.78, 5) is 2.19. The van der Waals surface area contributed by atoms with Crippen LogP contribution in [0.4, 0.5) is 0 Å². The first kappa shape index (κ1) is 14.2. The molecule has 0 bridgehead atoms. The van der Waals surface area contributed by atoms with Gasteiger partial charge in [-0.2, -0.15) is 5.10 Å². The molecule has 0 aliphatic rings. The average Bonchev–Trinajstić information content (AvgIpc) is 2.64. The molecule has 1 atom stereocenters. The van der Waals surface area contributed by atoms with E-state index in [0.717, 1.165) is 13.1 Å². The lowest BCUT2D eigenvalue weighted by Crippen LogP contribution is -2.43. The van der Waals surface area contributed by atoms with Crippen LogP contribution in [-0.2, 0) is 13.1 Å². The third-order valence-corrected chi connectivity index (χ3v) is 3.15. The maximum Gasteiger partial charge on any atom is 0.0591 e. The Bertz CT molecular complexity index is 341. The molecule has 1 heterocycles. The van der Waals surface area contributed by atoms with Crippen LogP contribution in [0, 0.1) is 5.41 Å². The largest absolute Gasteiger partial charge is 0.395 e. The Morgan fingerprint density at radius 3 is 2.53 bits per heavy atom. The van der Waals surface area contributed by atoms with Crippen LogP contribution in [0.2, 0.25) is 0 Å². The van der Waals surface area contributed by atoms with Gasteiger partial charge in [0.1, 0.15) is 0 Å². The third kappa shape index (κ3) is 3.82. The van der Waals surface area contributed by atoms with Gasteiger partial charge in [0.05, 0.1) is 12.8 Å². The molecule has 0 saturated heterocycles. The molecule has 0 aliphatic carbocycles. The summed E-state index contributed by atoms with van der Waals surface area (Å²) in [6, 6.07) is 0.160. The van der Waals surface area contributed by atoms with Crippen LogP contribution in [0.15, 0.2) is 12.4 Å². The van der Waals surface area contributed by atoms with E-state index in [0.29, 0.717) is 0 Å². The summed E-state index contributed by atoms with van der Waals surface area (Å²) in [6.07, 6.45) is 3.96. The summed E-state index contributed by atoms with van der Waals surface area (Å²) >= 11 is 0. The molecule has 0 amide bonds. The highest BCUT2D eigenvalue weighted by molar-refractivity contribution is 5.04. The molecule has 17 heavy (non-hydrogen) atoms. The maximum absolute atomic E-state index is 9.50. The second-order valence-electron chi connectivity index (χ2n) is 5.68. The average molecular weight is 239 g/mol. The van der Waals surface area contributed by atoms with Crippen LogP contribution < -0.4 is 0 Å². The number of hydrogen-bond acceptors (Lipinski definition) is 3. The van der Waals surface area contributed by atoms with Gasteiger partial charge in [-0.25, -0.2) is 0 Å². The summed E-state index contributed by atoms with van der Waals surface area (Å²) in [5.74, 6) is 0. The van der Waals surface area contributed by atoms with Gasteiger partial charge in [-0.1, -0.05) is 20.8 Å². The molecule has 0 aromatic carbocycles. The van der Waals surface area contributed by atoms with Gasteiger partial charge in [0.2, 0.25) is 0 Å². The second kappa shape index (κ2) is 5.65. The Kier molecular flexibility index (Phi) is 4.71. The first-order valence-corrected chi connectivity index (χ1v) is 6.21. The molecular formula is C13H25N3O. The van der Waals surface area contributed by atoms with Crippen molar-refractivity contribution in [2.24, 2.45) is 5.41 Å². The van der Waals surface area contributed by atoms with E-state index < -0.39 is 0 Å². The van der Waals surface area contributed by atoms with E-state index in [9.17, 15) is 5.11 Å². The highest BCUT2D eigenvalue weighted by Gasteiger charge is 2.27. The van der Waals surface area contributed by atoms with Gasteiger partial charge < -0.3 is 5.11 Å². The fourth-order valence-corrected chi connectivity index (χ4v) is 2.13. The van der Waals surface area contributed by atoms with Crippen molar-refractivity contribution >= 4 is 0 Å². The van der Waals surface area contributed by atoms with Crippen LogP contribution >= 0.6 is 0 Å². The van der Waals surface area contributed by atoms with Gasteiger partial charge in [0, 0.05) is 30.9 Å². The summed E-state index contributed by atoms with van der Waals surface area (Å²) in [6.45, 7) is 10.4.